The standard InChI is InChI=1S/C40H30Cl2N4O4S2/c41-33-19-16-29(21-34(33)42)36-24-52-40(45-36)46-37(47)25-51-32-13-7-12-30(22-32)43-39(49)35(44-38(48)28-10-5-2-6-11-28)20-26-14-17-31(18-15-26)50-23-27-8-3-1-4-9-27/h1-22,24H,23,25H2,(H,43,49)(H,44,48)(H,45,46,47)/b35-20-. The van der Waals surface area contributed by atoms with Gasteiger partial charge >= 0.3 is 0 Å². The monoisotopic (exact) mass is 764 g/mol. The summed E-state index contributed by atoms with van der Waals surface area (Å²) in [5.74, 6) is -0.398. The Morgan fingerprint density at radius 1 is 0.788 bits per heavy atom. The highest BCUT2D eigenvalue weighted by atomic mass is 35.5. The number of hydrogen-bond donors (Lipinski definition) is 3. The van der Waals surface area contributed by atoms with E-state index in [0.29, 0.717) is 50.0 Å². The van der Waals surface area contributed by atoms with Crippen LogP contribution in [0, 0.1) is 0 Å². The van der Waals surface area contributed by atoms with Crippen molar-refractivity contribution in [1.82, 2.24) is 10.3 Å². The molecular weight excluding hydrogens is 736 g/mol. The Balaban J connectivity index is 1.09. The van der Waals surface area contributed by atoms with Gasteiger partial charge in [0.2, 0.25) is 5.91 Å². The molecule has 52 heavy (non-hydrogen) atoms. The number of amides is 3. The van der Waals surface area contributed by atoms with E-state index in [9.17, 15) is 14.4 Å². The maximum Gasteiger partial charge on any atom is 0.272 e. The van der Waals surface area contributed by atoms with Gasteiger partial charge in [-0.15, -0.1) is 23.1 Å². The number of nitrogens with zero attached hydrogens (tertiary/aromatic N) is 1. The molecule has 0 atom stereocenters. The number of benzene rings is 5. The van der Waals surface area contributed by atoms with Gasteiger partial charge in [-0.3, -0.25) is 14.4 Å². The highest BCUT2D eigenvalue weighted by molar-refractivity contribution is 8.00. The van der Waals surface area contributed by atoms with Gasteiger partial charge < -0.3 is 20.7 Å². The van der Waals surface area contributed by atoms with E-state index in [1.54, 1.807) is 60.7 Å². The van der Waals surface area contributed by atoms with Crippen molar-refractivity contribution in [3.8, 4) is 17.0 Å². The molecule has 0 aliphatic heterocycles. The normalized spacial score (nSPS) is 11.1. The first kappa shape index (κ1) is 36.4. The first-order valence-corrected chi connectivity index (χ1v) is 18.5. The average Bonchev–Trinajstić information content (AvgIpc) is 3.63. The summed E-state index contributed by atoms with van der Waals surface area (Å²) in [7, 11) is 0. The summed E-state index contributed by atoms with van der Waals surface area (Å²) >= 11 is 14.8. The summed E-state index contributed by atoms with van der Waals surface area (Å²) in [5.41, 5.74) is 4.15. The van der Waals surface area contributed by atoms with Crippen molar-refractivity contribution < 1.29 is 19.1 Å². The van der Waals surface area contributed by atoms with E-state index in [4.69, 9.17) is 27.9 Å². The van der Waals surface area contributed by atoms with Gasteiger partial charge in [-0.2, -0.15) is 0 Å². The second kappa shape index (κ2) is 17.7. The van der Waals surface area contributed by atoms with E-state index in [1.807, 2.05) is 78.2 Å². The smallest absolute Gasteiger partial charge is 0.272 e. The van der Waals surface area contributed by atoms with Gasteiger partial charge in [0.1, 0.15) is 18.1 Å². The zero-order valence-electron chi connectivity index (χ0n) is 27.3. The number of halogens is 2. The quantitative estimate of drug-likeness (QED) is 0.0798. The molecule has 0 bridgehead atoms. The number of anilines is 2. The number of ether oxygens (including phenoxy) is 1. The minimum absolute atomic E-state index is 0.0490. The van der Waals surface area contributed by atoms with E-state index in [-0.39, 0.29) is 17.4 Å². The minimum Gasteiger partial charge on any atom is -0.489 e. The van der Waals surface area contributed by atoms with Gasteiger partial charge in [-0.05, 0) is 71.8 Å². The van der Waals surface area contributed by atoms with Gasteiger partial charge in [0.25, 0.3) is 11.8 Å². The van der Waals surface area contributed by atoms with Gasteiger partial charge in [-0.25, -0.2) is 4.98 Å². The van der Waals surface area contributed by atoms with Crippen molar-refractivity contribution in [2.45, 2.75) is 11.5 Å². The van der Waals surface area contributed by atoms with E-state index in [0.717, 1.165) is 16.0 Å². The highest BCUT2D eigenvalue weighted by Gasteiger charge is 2.16. The fraction of sp³-hybridized carbons (Fsp3) is 0.0500. The second-order valence-electron chi connectivity index (χ2n) is 11.2. The van der Waals surface area contributed by atoms with Gasteiger partial charge in [-0.1, -0.05) is 96.0 Å². The summed E-state index contributed by atoms with van der Waals surface area (Å²) in [4.78, 5) is 44.7. The van der Waals surface area contributed by atoms with Crippen LogP contribution in [0.15, 0.2) is 143 Å². The van der Waals surface area contributed by atoms with Crippen LogP contribution in [0.25, 0.3) is 17.3 Å². The Kier molecular flexibility index (Phi) is 12.4. The molecule has 0 aliphatic carbocycles. The Labute approximate surface area is 318 Å². The maximum absolute atomic E-state index is 13.6. The number of rotatable bonds is 13. The lowest BCUT2D eigenvalue weighted by Gasteiger charge is -2.12. The average molecular weight is 766 g/mol. The zero-order chi connectivity index (χ0) is 36.3. The molecule has 0 unspecified atom stereocenters. The molecule has 6 rings (SSSR count). The maximum atomic E-state index is 13.6. The SMILES string of the molecule is O=C(CSc1cccc(NC(=O)/C(=C/c2ccc(OCc3ccccc3)cc2)NC(=O)c2ccccc2)c1)Nc1nc(-c2ccc(Cl)c(Cl)c2)cs1. The van der Waals surface area contributed by atoms with E-state index < -0.39 is 11.8 Å². The van der Waals surface area contributed by atoms with E-state index in [2.05, 4.69) is 20.9 Å². The third-order valence-electron chi connectivity index (χ3n) is 7.40. The summed E-state index contributed by atoms with van der Waals surface area (Å²) in [6.45, 7) is 0.423. The molecule has 12 heteroatoms. The fourth-order valence-corrected chi connectivity index (χ4v) is 6.58. The van der Waals surface area contributed by atoms with Crippen LogP contribution in [0.4, 0.5) is 10.8 Å². The fourth-order valence-electron chi connectivity index (χ4n) is 4.80. The van der Waals surface area contributed by atoms with Crippen LogP contribution >= 0.6 is 46.3 Å². The number of aromatic nitrogens is 1. The van der Waals surface area contributed by atoms with Crippen molar-refractivity contribution in [1.29, 1.82) is 0 Å². The Hall–Kier alpha value is -5.39. The number of nitrogens with one attached hydrogen (secondary N) is 3. The van der Waals surface area contributed by atoms with Crippen molar-refractivity contribution in [3.63, 3.8) is 0 Å². The van der Waals surface area contributed by atoms with Crippen molar-refractivity contribution in [2.24, 2.45) is 0 Å². The third-order valence-corrected chi connectivity index (χ3v) is 9.89. The van der Waals surface area contributed by atoms with Crippen molar-refractivity contribution in [3.05, 3.63) is 165 Å². The molecule has 1 heterocycles. The molecule has 5 aromatic carbocycles. The van der Waals surface area contributed by atoms with Crippen molar-refractivity contribution >= 4 is 80.9 Å². The topological polar surface area (TPSA) is 109 Å². The molecule has 6 aromatic rings. The number of carbonyl (C=O) groups excluding carboxylic acids is 3. The van der Waals surface area contributed by atoms with Crippen molar-refractivity contribution in [2.75, 3.05) is 16.4 Å². The van der Waals surface area contributed by atoms with Crippen LogP contribution in [0.1, 0.15) is 21.5 Å². The molecule has 8 nitrogen and oxygen atoms in total. The Bertz CT molecular complexity index is 2210. The summed E-state index contributed by atoms with van der Waals surface area (Å²) in [6, 6.07) is 38.1. The molecule has 0 radical (unpaired) electrons. The lowest BCUT2D eigenvalue weighted by atomic mass is 10.1. The van der Waals surface area contributed by atoms with Crippen LogP contribution in [0.3, 0.4) is 0 Å². The summed E-state index contributed by atoms with van der Waals surface area (Å²) in [5, 5.41) is 11.6. The van der Waals surface area contributed by atoms with Gasteiger partial charge in [0.05, 0.1) is 21.5 Å². The lowest BCUT2D eigenvalue weighted by Crippen LogP contribution is -2.30. The predicted octanol–water partition coefficient (Wildman–Crippen LogP) is 9.84. The van der Waals surface area contributed by atoms with Gasteiger partial charge in [0.15, 0.2) is 5.13 Å². The molecule has 0 saturated carbocycles. The summed E-state index contributed by atoms with van der Waals surface area (Å²) in [6.07, 6.45) is 1.60. The Morgan fingerprint density at radius 3 is 2.29 bits per heavy atom. The van der Waals surface area contributed by atoms with Crippen LogP contribution in [-0.4, -0.2) is 28.5 Å². The summed E-state index contributed by atoms with van der Waals surface area (Å²) < 4.78 is 5.89. The Morgan fingerprint density at radius 2 is 1.54 bits per heavy atom. The molecule has 0 saturated heterocycles. The van der Waals surface area contributed by atoms with Gasteiger partial charge in [0, 0.05) is 27.1 Å². The number of hydrogen-bond acceptors (Lipinski definition) is 7. The molecule has 260 valence electrons. The second-order valence-corrected chi connectivity index (χ2v) is 13.9. The molecule has 3 amide bonds. The third kappa shape index (κ3) is 10.3. The van der Waals surface area contributed by atoms with Crippen LogP contribution in [0.5, 0.6) is 5.75 Å². The molecule has 0 fully saturated rings. The molecule has 0 aliphatic rings. The van der Waals surface area contributed by atoms with Crippen LogP contribution < -0.4 is 20.7 Å². The van der Waals surface area contributed by atoms with E-state index >= 15 is 0 Å². The molecular formula is C40H30Cl2N4O4S2. The lowest BCUT2D eigenvalue weighted by molar-refractivity contribution is -0.114. The number of thiazole rings is 1. The molecule has 3 N–H and O–H groups in total. The minimum atomic E-state index is -0.518. The van der Waals surface area contributed by atoms with Crippen LogP contribution in [-0.2, 0) is 16.2 Å². The molecule has 0 spiro atoms. The first-order valence-electron chi connectivity index (χ1n) is 15.9. The van der Waals surface area contributed by atoms with E-state index in [1.165, 1.54) is 23.1 Å². The van der Waals surface area contributed by atoms with Crippen LogP contribution in [0.2, 0.25) is 10.0 Å². The number of thioether (sulfide) groups is 1. The largest absolute Gasteiger partial charge is 0.489 e. The predicted molar refractivity (Wildman–Crippen MR) is 211 cm³/mol. The zero-order valence-corrected chi connectivity index (χ0v) is 30.5. The highest BCUT2D eigenvalue weighted by Crippen LogP contribution is 2.31. The first-order chi connectivity index (χ1) is 25.3. The molecule has 1 aromatic heterocycles. The number of carbonyl (C=O) groups is 3.